The van der Waals surface area contributed by atoms with E-state index < -0.39 is 12.0 Å². The van der Waals surface area contributed by atoms with Crippen LogP contribution in [0.15, 0.2) is 30.3 Å². The summed E-state index contributed by atoms with van der Waals surface area (Å²) < 4.78 is 0. The summed E-state index contributed by atoms with van der Waals surface area (Å²) in [4.78, 5) is 27.1. The number of urea groups is 1. The zero-order chi connectivity index (χ0) is 14.5. The third-order valence-corrected chi connectivity index (χ3v) is 3.65. The van der Waals surface area contributed by atoms with Crippen molar-refractivity contribution in [2.45, 2.75) is 32.2 Å². The standard InChI is InChI=1S/C15H20N2O3/c1-2-16(12-8-4-3-5-9-12)15(20)17-11-7-6-10-13(17)14(18)19/h3-5,8-9,13H,2,6-7,10-11H2,1H3,(H,18,19)/t13-/m0/s1. The van der Waals surface area contributed by atoms with Crippen LogP contribution in [0.25, 0.3) is 0 Å². The van der Waals surface area contributed by atoms with Crippen molar-refractivity contribution in [1.82, 2.24) is 4.90 Å². The van der Waals surface area contributed by atoms with Gasteiger partial charge in [-0.25, -0.2) is 9.59 Å². The fraction of sp³-hybridized carbons (Fsp3) is 0.467. The number of hydrogen-bond donors (Lipinski definition) is 1. The minimum atomic E-state index is -0.915. The van der Waals surface area contributed by atoms with Gasteiger partial charge in [0.15, 0.2) is 0 Å². The summed E-state index contributed by atoms with van der Waals surface area (Å²) in [6, 6.07) is 8.44. The van der Waals surface area contributed by atoms with E-state index in [2.05, 4.69) is 0 Å². The van der Waals surface area contributed by atoms with Crippen LogP contribution in [0.5, 0.6) is 0 Å². The van der Waals surface area contributed by atoms with Gasteiger partial charge < -0.3 is 10.0 Å². The van der Waals surface area contributed by atoms with E-state index in [4.69, 9.17) is 0 Å². The van der Waals surface area contributed by atoms with E-state index in [1.807, 2.05) is 37.3 Å². The van der Waals surface area contributed by atoms with Gasteiger partial charge in [0, 0.05) is 18.8 Å². The highest BCUT2D eigenvalue weighted by Crippen LogP contribution is 2.22. The van der Waals surface area contributed by atoms with Crippen LogP contribution in [0.2, 0.25) is 0 Å². The van der Waals surface area contributed by atoms with Crippen LogP contribution in [-0.2, 0) is 4.79 Å². The first-order valence-electron chi connectivity index (χ1n) is 7.01. The number of aliphatic carboxylic acids is 1. The normalized spacial score (nSPS) is 18.6. The van der Waals surface area contributed by atoms with Crippen LogP contribution in [0.3, 0.4) is 0 Å². The fourth-order valence-electron chi connectivity index (χ4n) is 2.61. The molecule has 1 atom stereocenters. The number of nitrogens with zero attached hydrogens (tertiary/aromatic N) is 2. The largest absolute Gasteiger partial charge is 0.480 e. The lowest BCUT2D eigenvalue weighted by Gasteiger charge is -2.36. The Labute approximate surface area is 118 Å². The number of likely N-dealkylation sites (tertiary alicyclic amines) is 1. The van der Waals surface area contributed by atoms with E-state index >= 15 is 0 Å². The maximum absolute atomic E-state index is 12.6. The van der Waals surface area contributed by atoms with Gasteiger partial charge in [-0.05, 0) is 38.3 Å². The van der Waals surface area contributed by atoms with Crippen molar-refractivity contribution < 1.29 is 14.7 Å². The summed E-state index contributed by atoms with van der Waals surface area (Å²) in [6.07, 6.45) is 2.26. The summed E-state index contributed by atoms with van der Waals surface area (Å²) >= 11 is 0. The smallest absolute Gasteiger partial charge is 0.326 e. The van der Waals surface area contributed by atoms with Crippen molar-refractivity contribution in [1.29, 1.82) is 0 Å². The number of benzene rings is 1. The van der Waals surface area contributed by atoms with Crippen LogP contribution in [0.1, 0.15) is 26.2 Å². The molecule has 0 aliphatic carbocycles. The molecule has 1 heterocycles. The van der Waals surface area contributed by atoms with E-state index in [0.29, 0.717) is 19.5 Å². The molecule has 0 unspecified atom stereocenters. The molecule has 1 saturated heterocycles. The predicted octanol–water partition coefficient (Wildman–Crippen LogP) is 2.57. The Morgan fingerprint density at radius 1 is 1.30 bits per heavy atom. The Morgan fingerprint density at radius 2 is 2.00 bits per heavy atom. The first-order valence-corrected chi connectivity index (χ1v) is 7.01. The minimum Gasteiger partial charge on any atom is -0.480 e. The van der Waals surface area contributed by atoms with Crippen molar-refractivity contribution in [3.63, 3.8) is 0 Å². The molecule has 2 amide bonds. The summed E-state index contributed by atoms with van der Waals surface area (Å²) in [6.45, 7) is 2.93. The zero-order valence-corrected chi connectivity index (χ0v) is 11.7. The molecule has 0 bridgehead atoms. The first kappa shape index (κ1) is 14.4. The minimum absolute atomic E-state index is 0.217. The molecule has 20 heavy (non-hydrogen) atoms. The van der Waals surface area contributed by atoms with E-state index in [-0.39, 0.29) is 6.03 Å². The van der Waals surface area contributed by atoms with Gasteiger partial charge >= 0.3 is 12.0 Å². The molecule has 5 heteroatoms. The summed E-state index contributed by atoms with van der Waals surface area (Å²) in [5, 5.41) is 9.27. The molecule has 0 radical (unpaired) electrons. The number of hydrogen-bond acceptors (Lipinski definition) is 2. The van der Waals surface area contributed by atoms with Crippen molar-refractivity contribution in [2.75, 3.05) is 18.0 Å². The molecule has 1 aliphatic heterocycles. The van der Waals surface area contributed by atoms with Gasteiger partial charge in [0.25, 0.3) is 0 Å². The molecule has 5 nitrogen and oxygen atoms in total. The molecular formula is C15H20N2O3. The Balaban J connectivity index is 2.21. The highest BCUT2D eigenvalue weighted by molar-refractivity contribution is 5.94. The van der Waals surface area contributed by atoms with Gasteiger partial charge in [-0.15, -0.1) is 0 Å². The number of piperidine rings is 1. The van der Waals surface area contributed by atoms with Crippen LogP contribution in [0.4, 0.5) is 10.5 Å². The third-order valence-electron chi connectivity index (χ3n) is 3.65. The summed E-state index contributed by atoms with van der Waals surface area (Å²) in [5.74, 6) is -0.915. The molecule has 1 aromatic carbocycles. The zero-order valence-electron chi connectivity index (χ0n) is 11.7. The van der Waals surface area contributed by atoms with Crippen LogP contribution in [0, 0.1) is 0 Å². The highest BCUT2D eigenvalue weighted by Gasteiger charge is 2.34. The van der Waals surface area contributed by atoms with Crippen LogP contribution < -0.4 is 4.90 Å². The van der Waals surface area contributed by atoms with E-state index in [1.165, 1.54) is 4.90 Å². The van der Waals surface area contributed by atoms with E-state index in [0.717, 1.165) is 18.5 Å². The maximum atomic E-state index is 12.6. The number of carboxylic acid groups (broad SMARTS) is 1. The number of carboxylic acids is 1. The van der Waals surface area contributed by atoms with Crippen molar-refractivity contribution >= 4 is 17.7 Å². The summed E-state index contributed by atoms with van der Waals surface area (Å²) in [5.41, 5.74) is 0.801. The average molecular weight is 276 g/mol. The Hall–Kier alpha value is -2.04. The molecule has 1 aliphatic rings. The molecule has 108 valence electrons. The number of amides is 2. The molecular weight excluding hydrogens is 256 g/mol. The average Bonchev–Trinajstić information content (AvgIpc) is 2.49. The van der Waals surface area contributed by atoms with E-state index in [9.17, 15) is 14.7 Å². The van der Waals surface area contributed by atoms with E-state index in [1.54, 1.807) is 4.90 Å². The fourth-order valence-corrected chi connectivity index (χ4v) is 2.61. The number of para-hydroxylation sites is 1. The maximum Gasteiger partial charge on any atom is 0.326 e. The Kier molecular flexibility index (Phi) is 4.61. The quantitative estimate of drug-likeness (QED) is 0.923. The van der Waals surface area contributed by atoms with Gasteiger partial charge in [0.05, 0.1) is 0 Å². The van der Waals surface area contributed by atoms with Crippen molar-refractivity contribution in [2.24, 2.45) is 0 Å². The SMILES string of the molecule is CCN(C(=O)N1CCCC[C@H]1C(=O)O)c1ccccc1. The van der Waals surface area contributed by atoms with Crippen molar-refractivity contribution in [3.8, 4) is 0 Å². The second kappa shape index (κ2) is 6.41. The monoisotopic (exact) mass is 276 g/mol. The Morgan fingerprint density at radius 3 is 2.60 bits per heavy atom. The Bertz CT molecular complexity index is 475. The molecule has 0 spiro atoms. The third kappa shape index (κ3) is 2.92. The second-order valence-electron chi connectivity index (χ2n) is 4.91. The van der Waals surface area contributed by atoms with Crippen molar-refractivity contribution in [3.05, 3.63) is 30.3 Å². The lowest BCUT2D eigenvalue weighted by molar-refractivity contribution is -0.143. The number of anilines is 1. The van der Waals surface area contributed by atoms with Gasteiger partial charge in [-0.2, -0.15) is 0 Å². The molecule has 0 aromatic heterocycles. The summed E-state index contributed by atoms with van der Waals surface area (Å²) in [7, 11) is 0. The molecule has 0 saturated carbocycles. The van der Waals surface area contributed by atoms with Crippen LogP contribution >= 0.6 is 0 Å². The molecule has 1 aromatic rings. The first-order chi connectivity index (χ1) is 9.65. The van der Waals surface area contributed by atoms with Gasteiger partial charge in [0.1, 0.15) is 6.04 Å². The number of rotatable bonds is 3. The topological polar surface area (TPSA) is 60.9 Å². The lowest BCUT2D eigenvalue weighted by atomic mass is 10.0. The molecule has 1 N–H and O–H groups in total. The predicted molar refractivity (Wildman–Crippen MR) is 76.8 cm³/mol. The molecule has 1 fully saturated rings. The lowest BCUT2D eigenvalue weighted by Crippen LogP contribution is -2.53. The number of carbonyl (C=O) groups excluding carboxylic acids is 1. The van der Waals surface area contributed by atoms with Gasteiger partial charge in [0.2, 0.25) is 0 Å². The molecule has 2 rings (SSSR count). The highest BCUT2D eigenvalue weighted by atomic mass is 16.4. The van der Waals surface area contributed by atoms with Crippen LogP contribution in [-0.4, -0.2) is 41.1 Å². The van der Waals surface area contributed by atoms with Gasteiger partial charge in [-0.3, -0.25) is 4.90 Å². The second-order valence-corrected chi connectivity index (χ2v) is 4.91. The van der Waals surface area contributed by atoms with Gasteiger partial charge in [-0.1, -0.05) is 18.2 Å². The number of carbonyl (C=O) groups is 2.